The smallest absolute Gasteiger partial charge is 0.119 e. The number of anilines is 1. The molecule has 1 fully saturated rings. The molecule has 0 aliphatic carbocycles. The van der Waals surface area contributed by atoms with Crippen molar-refractivity contribution >= 4 is 5.69 Å². The summed E-state index contributed by atoms with van der Waals surface area (Å²) in [5, 5.41) is 0. The van der Waals surface area contributed by atoms with E-state index in [0.717, 1.165) is 36.9 Å². The summed E-state index contributed by atoms with van der Waals surface area (Å²) in [4.78, 5) is 2.60. The molecule has 1 aliphatic heterocycles. The van der Waals surface area contributed by atoms with Crippen molar-refractivity contribution in [3.05, 3.63) is 24.3 Å². The highest BCUT2D eigenvalue weighted by Crippen LogP contribution is 2.20. The van der Waals surface area contributed by atoms with E-state index in [2.05, 4.69) is 11.8 Å². The number of nitrogens with two attached hydrogens (primary N) is 1. The largest absolute Gasteiger partial charge is 0.494 e. The first-order chi connectivity index (χ1) is 9.78. The molecule has 1 saturated heterocycles. The summed E-state index contributed by atoms with van der Waals surface area (Å²) in [5.74, 6) is 1.87. The number of nitrogens with zero attached hydrogens (tertiary/aromatic N) is 1. The van der Waals surface area contributed by atoms with Gasteiger partial charge in [0.15, 0.2) is 0 Å². The lowest BCUT2D eigenvalue weighted by Gasteiger charge is -2.20. The number of ether oxygens (including phenoxy) is 1. The van der Waals surface area contributed by atoms with Crippen molar-refractivity contribution < 1.29 is 4.74 Å². The third-order valence-electron chi connectivity index (χ3n) is 4.29. The van der Waals surface area contributed by atoms with E-state index in [0.29, 0.717) is 0 Å². The van der Waals surface area contributed by atoms with E-state index in [1.54, 1.807) is 0 Å². The molecule has 3 nitrogen and oxygen atoms in total. The molecule has 0 saturated carbocycles. The first kappa shape index (κ1) is 15.2. The highest BCUT2D eigenvalue weighted by Gasteiger charge is 2.14. The quantitative estimate of drug-likeness (QED) is 0.638. The molecular formula is C17H28N2O. The maximum Gasteiger partial charge on any atom is 0.119 e. The topological polar surface area (TPSA) is 38.5 Å². The first-order valence-electron chi connectivity index (χ1n) is 7.98. The van der Waals surface area contributed by atoms with Gasteiger partial charge in [-0.3, -0.25) is 0 Å². The van der Waals surface area contributed by atoms with Crippen LogP contribution in [0.15, 0.2) is 24.3 Å². The van der Waals surface area contributed by atoms with Gasteiger partial charge in [0.2, 0.25) is 0 Å². The summed E-state index contributed by atoms with van der Waals surface area (Å²) in [6.45, 7) is 6.79. The third kappa shape index (κ3) is 5.04. The lowest BCUT2D eigenvalue weighted by molar-refractivity contribution is 0.237. The summed E-state index contributed by atoms with van der Waals surface area (Å²) in [5.41, 5.74) is 6.44. The van der Waals surface area contributed by atoms with E-state index in [9.17, 15) is 0 Å². The number of nitrogen functional groups attached to an aromatic ring is 1. The van der Waals surface area contributed by atoms with Gasteiger partial charge in [0, 0.05) is 12.2 Å². The summed E-state index contributed by atoms with van der Waals surface area (Å²) in [7, 11) is 0. The van der Waals surface area contributed by atoms with E-state index < -0.39 is 0 Å². The van der Waals surface area contributed by atoms with Crippen LogP contribution in [0.2, 0.25) is 0 Å². The van der Waals surface area contributed by atoms with Crippen LogP contribution in [0.25, 0.3) is 0 Å². The average Bonchev–Trinajstić information content (AvgIpc) is 2.70. The first-order valence-corrected chi connectivity index (χ1v) is 7.98. The van der Waals surface area contributed by atoms with Crippen molar-refractivity contribution in [1.82, 2.24) is 4.90 Å². The minimum Gasteiger partial charge on any atom is -0.494 e. The fraction of sp³-hybridized carbons (Fsp3) is 0.647. The average molecular weight is 276 g/mol. The third-order valence-corrected chi connectivity index (χ3v) is 4.29. The summed E-state index contributed by atoms with van der Waals surface area (Å²) in [6.07, 6.45) is 6.58. The number of hydrogen-bond acceptors (Lipinski definition) is 3. The Labute approximate surface area is 123 Å². The maximum absolute atomic E-state index is 5.74. The van der Waals surface area contributed by atoms with Gasteiger partial charge in [0.05, 0.1) is 6.61 Å². The maximum atomic E-state index is 5.74. The minimum absolute atomic E-state index is 0.785. The van der Waals surface area contributed by atoms with Crippen LogP contribution >= 0.6 is 0 Å². The number of benzene rings is 1. The van der Waals surface area contributed by atoms with Crippen molar-refractivity contribution in [3.8, 4) is 5.75 Å². The van der Waals surface area contributed by atoms with Crippen LogP contribution in [0.4, 0.5) is 5.69 Å². The highest BCUT2D eigenvalue weighted by molar-refractivity contribution is 5.41. The predicted octanol–water partition coefficient (Wildman–Crippen LogP) is 3.55. The molecule has 0 aromatic heterocycles. The van der Waals surface area contributed by atoms with Crippen LogP contribution in [-0.4, -0.2) is 31.1 Å². The molecule has 0 bridgehead atoms. The van der Waals surface area contributed by atoms with Crippen molar-refractivity contribution in [1.29, 1.82) is 0 Å². The number of hydrogen-bond donors (Lipinski definition) is 1. The van der Waals surface area contributed by atoms with E-state index in [1.807, 2.05) is 24.3 Å². The molecule has 0 radical (unpaired) electrons. The molecule has 1 heterocycles. The zero-order valence-electron chi connectivity index (χ0n) is 12.7. The fourth-order valence-electron chi connectivity index (χ4n) is 2.90. The van der Waals surface area contributed by atoms with Crippen LogP contribution < -0.4 is 10.5 Å². The van der Waals surface area contributed by atoms with Gasteiger partial charge in [0.1, 0.15) is 5.75 Å². The molecule has 1 aliphatic rings. The summed E-state index contributed by atoms with van der Waals surface area (Å²) >= 11 is 0. The van der Waals surface area contributed by atoms with E-state index in [-0.39, 0.29) is 0 Å². The van der Waals surface area contributed by atoms with Gasteiger partial charge < -0.3 is 15.4 Å². The second kappa shape index (κ2) is 8.15. The SMILES string of the molecule is CCC1CCCN(CCCOc2ccc(N)cc2)CC1. The Morgan fingerprint density at radius 2 is 2.00 bits per heavy atom. The van der Waals surface area contributed by atoms with Gasteiger partial charge in [-0.25, -0.2) is 0 Å². The van der Waals surface area contributed by atoms with Crippen LogP contribution in [-0.2, 0) is 0 Å². The van der Waals surface area contributed by atoms with Crippen molar-refractivity contribution in [2.24, 2.45) is 5.92 Å². The van der Waals surface area contributed by atoms with Crippen LogP contribution in [0, 0.1) is 5.92 Å². The molecule has 3 heteroatoms. The summed E-state index contributed by atoms with van der Waals surface area (Å²) in [6, 6.07) is 7.64. The van der Waals surface area contributed by atoms with Crippen molar-refractivity contribution in [2.75, 3.05) is 32.0 Å². The molecule has 1 aromatic carbocycles. The highest BCUT2D eigenvalue weighted by atomic mass is 16.5. The van der Waals surface area contributed by atoms with Gasteiger partial charge in [-0.2, -0.15) is 0 Å². The second-order valence-corrected chi connectivity index (χ2v) is 5.82. The number of likely N-dealkylation sites (tertiary alicyclic amines) is 1. The Kier molecular flexibility index (Phi) is 6.19. The summed E-state index contributed by atoms with van der Waals surface area (Å²) < 4.78 is 5.74. The molecule has 1 atom stereocenters. The molecule has 2 rings (SSSR count). The molecule has 1 unspecified atom stereocenters. The Morgan fingerprint density at radius 1 is 1.20 bits per heavy atom. The van der Waals surface area contributed by atoms with Crippen molar-refractivity contribution in [3.63, 3.8) is 0 Å². The molecule has 20 heavy (non-hydrogen) atoms. The Bertz CT molecular complexity index is 377. The van der Waals surface area contributed by atoms with Crippen LogP contribution in [0.1, 0.15) is 39.0 Å². The van der Waals surface area contributed by atoms with Crippen molar-refractivity contribution in [2.45, 2.75) is 39.0 Å². The van der Waals surface area contributed by atoms with Gasteiger partial charge in [-0.1, -0.05) is 13.3 Å². The van der Waals surface area contributed by atoms with Gasteiger partial charge in [0.25, 0.3) is 0 Å². The zero-order chi connectivity index (χ0) is 14.2. The molecule has 0 spiro atoms. The van der Waals surface area contributed by atoms with Crippen LogP contribution in [0.5, 0.6) is 5.75 Å². The van der Waals surface area contributed by atoms with E-state index >= 15 is 0 Å². The Morgan fingerprint density at radius 3 is 2.75 bits per heavy atom. The number of rotatable bonds is 6. The van der Waals surface area contributed by atoms with E-state index in [4.69, 9.17) is 10.5 Å². The predicted molar refractivity (Wildman–Crippen MR) is 85.0 cm³/mol. The standard InChI is InChI=1S/C17H28N2O/c1-2-15-5-3-11-19(13-10-15)12-4-14-20-17-8-6-16(18)7-9-17/h6-9,15H,2-5,10-14,18H2,1H3. The van der Waals surface area contributed by atoms with E-state index in [1.165, 1.54) is 38.8 Å². The van der Waals surface area contributed by atoms with Gasteiger partial charge in [-0.05, 0) is 69.0 Å². The second-order valence-electron chi connectivity index (χ2n) is 5.82. The zero-order valence-corrected chi connectivity index (χ0v) is 12.7. The molecule has 2 N–H and O–H groups in total. The Balaban J connectivity index is 1.62. The lowest BCUT2D eigenvalue weighted by Crippen LogP contribution is -2.27. The van der Waals surface area contributed by atoms with Gasteiger partial charge in [-0.15, -0.1) is 0 Å². The Hall–Kier alpha value is -1.22. The molecule has 0 amide bonds. The monoisotopic (exact) mass is 276 g/mol. The molecular weight excluding hydrogens is 248 g/mol. The molecule has 112 valence electrons. The lowest BCUT2D eigenvalue weighted by atomic mass is 9.98. The van der Waals surface area contributed by atoms with Gasteiger partial charge >= 0.3 is 0 Å². The normalized spacial score (nSPS) is 20.6. The fourth-order valence-corrected chi connectivity index (χ4v) is 2.90. The molecule has 1 aromatic rings. The van der Waals surface area contributed by atoms with Crippen LogP contribution in [0.3, 0.4) is 0 Å². The minimum atomic E-state index is 0.785.